The fraction of sp³-hybridized carbons (Fsp3) is 0.231. The van der Waals surface area contributed by atoms with Crippen molar-refractivity contribution < 1.29 is 18.9 Å². The molecule has 0 fully saturated rings. The fourth-order valence-corrected chi connectivity index (χ4v) is 4.19. The number of methoxy groups -OCH3 is 4. The molecule has 0 saturated carbocycles. The Morgan fingerprint density at radius 3 is 1.20 bits per heavy atom. The van der Waals surface area contributed by atoms with Crippen LogP contribution in [0, 0.1) is 0 Å². The summed E-state index contributed by atoms with van der Waals surface area (Å²) in [5.74, 6) is 3.30. The van der Waals surface area contributed by atoms with Gasteiger partial charge in [-0.1, -0.05) is 36.4 Å². The van der Waals surface area contributed by atoms with Gasteiger partial charge in [0.1, 0.15) is 23.0 Å². The SMILES string of the molecule is COc1cccc2c(CCc3ccc(OC)c4c(OC)cccc34)ccc(OC)c12. The van der Waals surface area contributed by atoms with Gasteiger partial charge in [0.15, 0.2) is 0 Å². The predicted octanol–water partition coefficient (Wildman–Crippen LogP) is 5.81. The number of benzene rings is 4. The first kappa shape index (κ1) is 19.9. The van der Waals surface area contributed by atoms with Crippen LogP contribution in [0.25, 0.3) is 21.5 Å². The van der Waals surface area contributed by atoms with E-state index in [-0.39, 0.29) is 0 Å². The lowest BCUT2D eigenvalue weighted by molar-refractivity contribution is 0.404. The Morgan fingerprint density at radius 2 is 0.833 bits per heavy atom. The minimum absolute atomic E-state index is 0.825. The normalized spacial score (nSPS) is 10.9. The maximum atomic E-state index is 5.59. The van der Waals surface area contributed by atoms with Gasteiger partial charge in [0.25, 0.3) is 0 Å². The molecule has 4 nitrogen and oxygen atoms in total. The van der Waals surface area contributed by atoms with E-state index in [0.29, 0.717) is 0 Å². The molecule has 0 aromatic heterocycles. The molecule has 0 saturated heterocycles. The largest absolute Gasteiger partial charge is 0.496 e. The van der Waals surface area contributed by atoms with Crippen molar-refractivity contribution in [3.63, 3.8) is 0 Å². The van der Waals surface area contributed by atoms with E-state index < -0.39 is 0 Å². The standard InChI is InChI=1S/C26H26O4/c1-27-21-9-5-7-19-17(13-15-23(29-3)25(19)21)11-12-18-14-16-24(30-4)26-20(18)8-6-10-22(26)28-2/h5-10,13-16H,11-12H2,1-4H3. The molecule has 4 aromatic carbocycles. The third-order valence-electron chi connectivity index (χ3n) is 5.65. The lowest BCUT2D eigenvalue weighted by Crippen LogP contribution is -1.98. The van der Waals surface area contributed by atoms with Gasteiger partial charge in [-0.25, -0.2) is 0 Å². The van der Waals surface area contributed by atoms with Gasteiger partial charge < -0.3 is 18.9 Å². The second kappa shape index (κ2) is 8.54. The molecule has 4 heteroatoms. The summed E-state index contributed by atoms with van der Waals surface area (Å²) in [6.45, 7) is 0. The molecule has 30 heavy (non-hydrogen) atoms. The topological polar surface area (TPSA) is 36.9 Å². The summed E-state index contributed by atoms with van der Waals surface area (Å²) in [7, 11) is 6.77. The Bertz CT molecular complexity index is 1080. The van der Waals surface area contributed by atoms with Crippen LogP contribution >= 0.6 is 0 Å². The van der Waals surface area contributed by atoms with Crippen molar-refractivity contribution in [1.29, 1.82) is 0 Å². The highest BCUT2D eigenvalue weighted by molar-refractivity contribution is 5.97. The summed E-state index contributed by atoms with van der Waals surface area (Å²) >= 11 is 0. The molecule has 0 unspecified atom stereocenters. The Kier molecular flexibility index (Phi) is 5.66. The van der Waals surface area contributed by atoms with Crippen molar-refractivity contribution in [1.82, 2.24) is 0 Å². The minimum Gasteiger partial charge on any atom is -0.496 e. The van der Waals surface area contributed by atoms with Crippen molar-refractivity contribution in [2.45, 2.75) is 12.8 Å². The number of ether oxygens (including phenoxy) is 4. The lowest BCUT2D eigenvalue weighted by atomic mass is 9.94. The quantitative estimate of drug-likeness (QED) is 0.391. The van der Waals surface area contributed by atoms with Gasteiger partial charge in [-0.3, -0.25) is 0 Å². The molecular formula is C26H26O4. The van der Waals surface area contributed by atoms with Gasteiger partial charge in [-0.2, -0.15) is 0 Å². The number of fused-ring (bicyclic) bond motifs is 2. The van der Waals surface area contributed by atoms with Gasteiger partial charge in [-0.15, -0.1) is 0 Å². The average molecular weight is 402 g/mol. The minimum atomic E-state index is 0.825. The summed E-state index contributed by atoms with van der Waals surface area (Å²) in [6, 6.07) is 20.6. The van der Waals surface area contributed by atoms with Crippen molar-refractivity contribution in [2.24, 2.45) is 0 Å². The molecule has 0 aliphatic rings. The van der Waals surface area contributed by atoms with Crippen molar-refractivity contribution in [2.75, 3.05) is 28.4 Å². The lowest BCUT2D eigenvalue weighted by Gasteiger charge is -2.15. The summed E-state index contributed by atoms with van der Waals surface area (Å²) in [6.07, 6.45) is 1.79. The zero-order valence-corrected chi connectivity index (χ0v) is 17.8. The summed E-state index contributed by atoms with van der Waals surface area (Å²) < 4.78 is 22.4. The Morgan fingerprint density at radius 1 is 0.467 bits per heavy atom. The first-order valence-corrected chi connectivity index (χ1v) is 9.97. The second-order valence-corrected chi connectivity index (χ2v) is 7.12. The molecule has 0 atom stereocenters. The van der Waals surface area contributed by atoms with Crippen LogP contribution in [0.1, 0.15) is 11.1 Å². The van der Waals surface area contributed by atoms with Crippen LogP contribution in [0.4, 0.5) is 0 Å². The Balaban J connectivity index is 1.76. The molecule has 0 spiro atoms. The number of hydrogen-bond donors (Lipinski definition) is 0. The van der Waals surface area contributed by atoms with Crippen LogP contribution in [0.15, 0.2) is 60.7 Å². The maximum absolute atomic E-state index is 5.59. The summed E-state index contributed by atoms with van der Waals surface area (Å²) in [4.78, 5) is 0. The Labute approximate surface area is 176 Å². The molecule has 0 N–H and O–H groups in total. The Hall–Kier alpha value is -3.40. The van der Waals surface area contributed by atoms with E-state index >= 15 is 0 Å². The molecule has 0 aliphatic heterocycles. The van der Waals surface area contributed by atoms with E-state index in [1.807, 2.05) is 36.4 Å². The van der Waals surface area contributed by atoms with Gasteiger partial charge in [0, 0.05) is 0 Å². The summed E-state index contributed by atoms with van der Waals surface area (Å²) in [5, 5.41) is 4.34. The molecule has 0 heterocycles. The van der Waals surface area contributed by atoms with Crippen molar-refractivity contribution in [3.8, 4) is 23.0 Å². The van der Waals surface area contributed by atoms with E-state index in [1.165, 1.54) is 11.1 Å². The highest BCUT2D eigenvalue weighted by Gasteiger charge is 2.14. The first-order chi connectivity index (χ1) is 14.7. The molecule has 0 radical (unpaired) electrons. The van der Waals surface area contributed by atoms with Crippen LogP contribution in [-0.4, -0.2) is 28.4 Å². The maximum Gasteiger partial charge on any atom is 0.130 e. The van der Waals surface area contributed by atoms with Gasteiger partial charge in [0.05, 0.1) is 39.2 Å². The van der Waals surface area contributed by atoms with Crippen LogP contribution in [-0.2, 0) is 12.8 Å². The number of hydrogen-bond acceptors (Lipinski definition) is 4. The fourth-order valence-electron chi connectivity index (χ4n) is 4.19. The summed E-state index contributed by atoms with van der Waals surface area (Å²) in [5.41, 5.74) is 2.52. The molecule has 0 aliphatic carbocycles. The molecule has 154 valence electrons. The van der Waals surface area contributed by atoms with Crippen LogP contribution in [0.2, 0.25) is 0 Å². The molecule has 0 bridgehead atoms. The smallest absolute Gasteiger partial charge is 0.130 e. The van der Waals surface area contributed by atoms with E-state index in [9.17, 15) is 0 Å². The van der Waals surface area contributed by atoms with Crippen LogP contribution in [0.3, 0.4) is 0 Å². The van der Waals surface area contributed by atoms with E-state index in [4.69, 9.17) is 18.9 Å². The zero-order valence-electron chi connectivity index (χ0n) is 17.8. The van der Waals surface area contributed by atoms with E-state index in [0.717, 1.165) is 57.4 Å². The van der Waals surface area contributed by atoms with Gasteiger partial charge in [-0.05, 0) is 59.0 Å². The van der Waals surface area contributed by atoms with E-state index in [2.05, 4.69) is 24.3 Å². The third kappa shape index (κ3) is 3.39. The molecular weight excluding hydrogens is 376 g/mol. The van der Waals surface area contributed by atoms with Crippen molar-refractivity contribution >= 4 is 21.5 Å². The van der Waals surface area contributed by atoms with Gasteiger partial charge in [0.2, 0.25) is 0 Å². The molecule has 4 aromatic rings. The third-order valence-corrected chi connectivity index (χ3v) is 5.65. The van der Waals surface area contributed by atoms with E-state index in [1.54, 1.807) is 28.4 Å². The number of aryl methyl sites for hydroxylation is 2. The predicted molar refractivity (Wildman–Crippen MR) is 122 cm³/mol. The molecule has 4 rings (SSSR count). The average Bonchev–Trinajstić information content (AvgIpc) is 2.81. The van der Waals surface area contributed by atoms with Crippen LogP contribution in [0.5, 0.6) is 23.0 Å². The van der Waals surface area contributed by atoms with Gasteiger partial charge >= 0.3 is 0 Å². The highest BCUT2D eigenvalue weighted by Crippen LogP contribution is 2.38. The van der Waals surface area contributed by atoms with Crippen LogP contribution < -0.4 is 18.9 Å². The second-order valence-electron chi connectivity index (χ2n) is 7.12. The van der Waals surface area contributed by atoms with Crippen molar-refractivity contribution in [3.05, 3.63) is 71.8 Å². The first-order valence-electron chi connectivity index (χ1n) is 9.97. The zero-order chi connectivity index (χ0) is 21.1. The number of rotatable bonds is 7. The molecule has 0 amide bonds. The monoisotopic (exact) mass is 402 g/mol. The highest BCUT2D eigenvalue weighted by atomic mass is 16.5.